The smallest absolute Gasteiger partial charge is 0.161 e. The van der Waals surface area contributed by atoms with Crippen molar-refractivity contribution in [3.8, 4) is 17.2 Å². The van der Waals surface area contributed by atoms with Crippen molar-refractivity contribution in [3.05, 3.63) is 52.5 Å². The van der Waals surface area contributed by atoms with Crippen LogP contribution in [-0.2, 0) is 6.42 Å². The monoisotopic (exact) mass is 333 g/mol. The van der Waals surface area contributed by atoms with E-state index in [1.807, 2.05) is 36.4 Å². The van der Waals surface area contributed by atoms with Gasteiger partial charge in [-0.25, -0.2) is 0 Å². The number of hydrogen-bond donors (Lipinski definition) is 1. The highest BCUT2D eigenvalue weighted by Gasteiger charge is 2.23. The Morgan fingerprint density at radius 3 is 2.52 bits per heavy atom. The molecule has 1 N–H and O–H groups in total. The minimum atomic E-state index is -0.132. The Labute approximate surface area is 141 Å². The van der Waals surface area contributed by atoms with Gasteiger partial charge in [0.15, 0.2) is 11.5 Å². The minimum Gasteiger partial charge on any atom is -0.493 e. The lowest BCUT2D eigenvalue weighted by Gasteiger charge is -2.22. The fourth-order valence-corrected chi connectivity index (χ4v) is 3.00. The van der Waals surface area contributed by atoms with Crippen LogP contribution in [0.1, 0.15) is 17.2 Å². The van der Waals surface area contributed by atoms with Crippen LogP contribution in [0, 0.1) is 0 Å². The maximum Gasteiger partial charge on any atom is 0.161 e. The molecule has 1 atom stereocenters. The highest BCUT2D eigenvalue weighted by molar-refractivity contribution is 6.32. The van der Waals surface area contributed by atoms with Gasteiger partial charge in [-0.05, 0) is 42.8 Å². The number of fused-ring (bicyclic) bond motifs is 1. The number of ether oxygens (including phenoxy) is 3. The van der Waals surface area contributed by atoms with E-state index >= 15 is 0 Å². The predicted molar refractivity (Wildman–Crippen MR) is 90.9 cm³/mol. The van der Waals surface area contributed by atoms with Gasteiger partial charge in [0.2, 0.25) is 0 Å². The molecule has 0 fully saturated rings. The molecule has 0 bridgehead atoms. The van der Waals surface area contributed by atoms with Gasteiger partial charge in [0.05, 0.1) is 19.2 Å². The minimum absolute atomic E-state index is 0.132. The van der Waals surface area contributed by atoms with E-state index in [0.29, 0.717) is 23.1 Å². The zero-order valence-corrected chi connectivity index (χ0v) is 14.0. The summed E-state index contributed by atoms with van der Waals surface area (Å²) < 4.78 is 17.0. The normalized spacial score (nSPS) is 17.1. The molecular weight excluding hydrogens is 314 g/mol. The standard InChI is InChI=1S/C18H20ClNO3/c1-21-16-9-12-7-8-20-11-18(13(12)10-17(16)22-2)23-15-6-4-3-5-14(15)19/h3-6,9-10,18,20H,7-8,11H2,1-2H3. The van der Waals surface area contributed by atoms with Gasteiger partial charge in [-0.2, -0.15) is 0 Å². The number of para-hydroxylation sites is 1. The average Bonchev–Trinajstić information content (AvgIpc) is 2.77. The van der Waals surface area contributed by atoms with Crippen LogP contribution in [-0.4, -0.2) is 27.3 Å². The van der Waals surface area contributed by atoms with Crippen LogP contribution in [0.5, 0.6) is 17.2 Å². The van der Waals surface area contributed by atoms with Gasteiger partial charge in [0.25, 0.3) is 0 Å². The van der Waals surface area contributed by atoms with Gasteiger partial charge in [-0.15, -0.1) is 0 Å². The van der Waals surface area contributed by atoms with E-state index in [4.69, 9.17) is 25.8 Å². The summed E-state index contributed by atoms with van der Waals surface area (Å²) in [7, 11) is 3.29. The third kappa shape index (κ3) is 3.38. The number of nitrogens with one attached hydrogen (secondary N) is 1. The second kappa shape index (κ2) is 7.11. The van der Waals surface area contributed by atoms with Crippen molar-refractivity contribution in [1.82, 2.24) is 5.32 Å². The zero-order chi connectivity index (χ0) is 16.2. The molecule has 0 aliphatic carbocycles. The second-order valence-corrected chi connectivity index (χ2v) is 5.80. The first kappa shape index (κ1) is 16.0. The Morgan fingerprint density at radius 1 is 1.04 bits per heavy atom. The zero-order valence-electron chi connectivity index (χ0n) is 13.3. The first-order valence-corrected chi connectivity index (χ1v) is 7.97. The summed E-state index contributed by atoms with van der Waals surface area (Å²) in [5, 5.41) is 4.02. The Kier molecular flexibility index (Phi) is 4.94. The van der Waals surface area contributed by atoms with Gasteiger partial charge >= 0.3 is 0 Å². The van der Waals surface area contributed by atoms with Crippen molar-refractivity contribution in [1.29, 1.82) is 0 Å². The number of benzene rings is 2. The van der Waals surface area contributed by atoms with Crippen molar-refractivity contribution >= 4 is 11.6 Å². The summed E-state index contributed by atoms with van der Waals surface area (Å²) in [5.74, 6) is 2.13. The summed E-state index contributed by atoms with van der Waals surface area (Å²) in [4.78, 5) is 0. The molecule has 1 aliphatic heterocycles. The van der Waals surface area contributed by atoms with Crippen LogP contribution in [0.4, 0.5) is 0 Å². The number of methoxy groups -OCH3 is 2. The molecule has 2 aromatic carbocycles. The molecule has 122 valence electrons. The first-order valence-electron chi connectivity index (χ1n) is 7.59. The Hall–Kier alpha value is -1.91. The van der Waals surface area contributed by atoms with E-state index in [2.05, 4.69) is 5.32 Å². The van der Waals surface area contributed by atoms with Gasteiger partial charge in [0.1, 0.15) is 11.9 Å². The Morgan fingerprint density at radius 2 is 1.78 bits per heavy atom. The quantitative estimate of drug-likeness (QED) is 0.927. The maximum absolute atomic E-state index is 6.23. The van der Waals surface area contributed by atoms with E-state index in [1.54, 1.807) is 14.2 Å². The van der Waals surface area contributed by atoms with Gasteiger partial charge in [0, 0.05) is 12.1 Å². The van der Waals surface area contributed by atoms with Crippen LogP contribution in [0.3, 0.4) is 0 Å². The van der Waals surface area contributed by atoms with Gasteiger partial charge < -0.3 is 19.5 Å². The molecule has 0 saturated heterocycles. The number of halogens is 1. The molecule has 0 amide bonds. The van der Waals surface area contributed by atoms with Crippen molar-refractivity contribution in [2.45, 2.75) is 12.5 Å². The van der Waals surface area contributed by atoms with Crippen LogP contribution in [0.2, 0.25) is 5.02 Å². The third-order valence-electron chi connectivity index (χ3n) is 4.00. The van der Waals surface area contributed by atoms with Crippen LogP contribution < -0.4 is 19.5 Å². The molecule has 0 aromatic heterocycles. The van der Waals surface area contributed by atoms with E-state index in [-0.39, 0.29) is 6.10 Å². The van der Waals surface area contributed by atoms with E-state index in [9.17, 15) is 0 Å². The summed E-state index contributed by atoms with van der Waals surface area (Å²) >= 11 is 6.23. The average molecular weight is 334 g/mol. The molecular formula is C18H20ClNO3. The first-order chi connectivity index (χ1) is 11.2. The molecule has 3 rings (SSSR count). The highest BCUT2D eigenvalue weighted by Crippen LogP contribution is 2.37. The summed E-state index contributed by atoms with van der Waals surface area (Å²) in [5.41, 5.74) is 2.30. The molecule has 23 heavy (non-hydrogen) atoms. The Bertz CT molecular complexity index is 690. The SMILES string of the molecule is COc1cc2c(cc1OC)C(Oc1ccccc1Cl)CNCC2. The van der Waals surface area contributed by atoms with Crippen LogP contribution in [0.15, 0.2) is 36.4 Å². The summed E-state index contributed by atoms with van der Waals surface area (Å²) in [6.45, 7) is 1.61. The predicted octanol–water partition coefficient (Wildman–Crippen LogP) is 3.62. The fourth-order valence-electron chi connectivity index (χ4n) is 2.82. The molecule has 0 spiro atoms. The fraction of sp³-hybridized carbons (Fsp3) is 0.333. The second-order valence-electron chi connectivity index (χ2n) is 5.40. The van der Waals surface area contributed by atoms with Crippen LogP contribution in [0.25, 0.3) is 0 Å². The number of hydrogen-bond acceptors (Lipinski definition) is 4. The lowest BCUT2D eigenvalue weighted by molar-refractivity contribution is 0.204. The largest absolute Gasteiger partial charge is 0.493 e. The van der Waals surface area contributed by atoms with Crippen molar-refractivity contribution in [2.75, 3.05) is 27.3 Å². The van der Waals surface area contributed by atoms with E-state index in [1.165, 1.54) is 5.56 Å². The summed E-state index contributed by atoms with van der Waals surface area (Å²) in [6, 6.07) is 11.6. The van der Waals surface area contributed by atoms with E-state index in [0.717, 1.165) is 24.3 Å². The molecule has 1 heterocycles. The van der Waals surface area contributed by atoms with Crippen molar-refractivity contribution < 1.29 is 14.2 Å². The summed E-state index contributed by atoms with van der Waals surface area (Å²) in [6.07, 6.45) is 0.783. The molecule has 5 heteroatoms. The molecule has 1 unspecified atom stereocenters. The Balaban J connectivity index is 1.98. The van der Waals surface area contributed by atoms with Crippen molar-refractivity contribution in [2.24, 2.45) is 0 Å². The molecule has 0 saturated carbocycles. The van der Waals surface area contributed by atoms with Gasteiger partial charge in [-0.3, -0.25) is 0 Å². The molecule has 4 nitrogen and oxygen atoms in total. The van der Waals surface area contributed by atoms with E-state index < -0.39 is 0 Å². The van der Waals surface area contributed by atoms with Crippen LogP contribution >= 0.6 is 11.6 Å². The lowest BCUT2D eigenvalue weighted by Crippen LogP contribution is -2.23. The molecule has 0 radical (unpaired) electrons. The highest BCUT2D eigenvalue weighted by atomic mass is 35.5. The molecule has 2 aromatic rings. The maximum atomic E-state index is 6.23. The van der Waals surface area contributed by atoms with Gasteiger partial charge in [-0.1, -0.05) is 23.7 Å². The number of rotatable bonds is 4. The van der Waals surface area contributed by atoms with Crippen molar-refractivity contribution in [3.63, 3.8) is 0 Å². The topological polar surface area (TPSA) is 39.7 Å². The lowest BCUT2D eigenvalue weighted by atomic mass is 10.00. The molecule has 1 aliphatic rings. The third-order valence-corrected chi connectivity index (χ3v) is 4.31.